The predicted molar refractivity (Wildman–Crippen MR) is 151 cm³/mol. The maximum absolute atomic E-state index is 13.3. The van der Waals surface area contributed by atoms with Crippen LogP contribution >= 0.6 is 11.6 Å². The lowest BCUT2D eigenvalue weighted by molar-refractivity contribution is -0.123. The summed E-state index contributed by atoms with van der Waals surface area (Å²) in [6, 6.07) is 24.1. The van der Waals surface area contributed by atoms with Gasteiger partial charge in [-0.25, -0.2) is 0 Å². The average molecular weight is 534 g/mol. The topological polar surface area (TPSA) is 70.7 Å². The number of ether oxygens (including phenoxy) is 1. The van der Waals surface area contributed by atoms with Gasteiger partial charge in [0.15, 0.2) is 0 Å². The fourth-order valence-electron chi connectivity index (χ4n) is 4.76. The van der Waals surface area contributed by atoms with Crippen LogP contribution in [0.5, 0.6) is 5.75 Å². The molecule has 38 heavy (non-hydrogen) atoms. The second-order valence-electron chi connectivity index (χ2n) is 9.77. The van der Waals surface area contributed by atoms with E-state index in [1.165, 1.54) is 5.56 Å². The molecule has 0 saturated carbocycles. The summed E-state index contributed by atoms with van der Waals surface area (Å²) in [6.45, 7) is 5.91. The highest BCUT2D eigenvalue weighted by molar-refractivity contribution is 6.30. The zero-order chi connectivity index (χ0) is 26.7. The van der Waals surface area contributed by atoms with E-state index in [4.69, 9.17) is 16.3 Å². The SMILES string of the molecule is CCOc1cccc(C(=O)N[C@H](Cc2ccccc2)C(=O)NCC2CCN(Cc3ccc(Cl)cc3)CC2)c1. The molecule has 0 unspecified atom stereocenters. The molecule has 0 aromatic heterocycles. The van der Waals surface area contributed by atoms with Crippen LogP contribution in [0.3, 0.4) is 0 Å². The molecule has 1 fully saturated rings. The Morgan fingerprint density at radius 3 is 2.42 bits per heavy atom. The van der Waals surface area contributed by atoms with Crippen molar-refractivity contribution in [2.75, 3.05) is 26.2 Å². The van der Waals surface area contributed by atoms with Gasteiger partial charge in [-0.3, -0.25) is 14.5 Å². The Hall–Kier alpha value is -3.35. The van der Waals surface area contributed by atoms with Gasteiger partial charge in [-0.2, -0.15) is 0 Å². The highest BCUT2D eigenvalue weighted by atomic mass is 35.5. The van der Waals surface area contributed by atoms with E-state index in [-0.39, 0.29) is 11.8 Å². The zero-order valence-corrected chi connectivity index (χ0v) is 22.6. The summed E-state index contributed by atoms with van der Waals surface area (Å²) >= 11 is 6.00. The minimum Gasteiger partial charge on any atom is -0.494 e. The number of rotatable bonds is 11. The van der Waals surface area contributed by atoms with E-state index < -0.39 is 6.04 Å². The lowest BCUT2D eigenvalue weighted by Crippen LogP contribution is -2.49. The number of hydrogen-bond acceptors (Lipinski definition) is 4. The minimum absolute atomic E-state index is 0.160. The van der Waals surface area contributed by atoms with E-state index in [0.717, 1.165) is 43.1 Å². The van der Waals surface area contributed by atoms with Gasteiger partial charge in [0.25, 0.3) is 5.91 Å². The number of piperidine rings is 1. The normalized spacial score (nSPS) is 15.0. The molecule has 1 saturated heterocycles. The van der Waals surface area contributed by atoms with Crippen molar-refractivity contribution >= 4 is 23.4 Å². The van der Waals surface area contributed by atoms with Crippen LogP contribution < -0.4 is 15.4 Å². The van der Waals surface area contributed by atoms with Crippen LogP contribution in [0, 0.1) is 5.92 Å². The molecule has 0 aliphatic carbocycles. The van der Waals surface area contributed by atoms with Crippen molar-refractivity contribution in [3.63, 3.8) is 0 Å². The van der Waals surface area contributed by atoms with Crippen molar-refractivity contribution in [1.29, 1.82) is 0 Å². The number of hydrogen-bond donors (Lipinski definition) is 2. The first-order chi connectivity index (χ1) is 18.5. The van der Waals surface area contributed by atoms with Crippen LogP contribution in [-0.2, 0) is 17.8 Å². The molecule has 1 heterocycles. The van der Waals surface area contributed by atoms with Crippen LogP contribution in [0.15, 0.2) is 78.9 Å². The smallest absolute Gasteiger partial charge is 0.252 e. The molecule has 0 radical (unpaired) electrons. The average Bonchev–Trinajstić information content (AvgIpc) is 2.94. The Labute approximate surface area is 230 Å². The number of benzene rings is 3. The zero-order valence-electron chi connectivity index (χ0n) is 21.9. The van der Waals surface area contributed by atoms with E-state index in [1.54, 1.807) is 18.2 Å². The van der Waals surface area contributed by atoms with Crippen LogP contribution in [0.4, 0.5) is 0 Å². The van der Waals surface area contributed by atoms with Crippen molar-refractivity contribution in [2.45, 2.75) is 38.8 Å². The van der Waals surface area contributed by atoms with Gasteiger partial charge in [-0.15, -0.1) is 0 Å². The van der Waals surface area contributed by atoms with Gasteiger partial charge in [-0.05, 0) is 80.2 Å². The number of carbonyl (C=O) groups is 2. The van der Waals surface area contributed by atoms with E-state index in [2.05, 4.69) is 27.7 Å². The fourth-order valence-corrected chi connectivity index (χ4v) is 4.89. The molecule has 3 aromatic rings. The number of halogens is 1. The second kappa shape index (κ2) is 14.0. The number of nitrogens with zero attached hydrogens (tertiary/aromatic N) is 1. The highest BCUT2D eigenvalue weighted by Crippen LogP contribution is 2.20. The van der Waals surface area contributed by atoms with Crippen LogP contribution in [0.25, 0.3) is 0 Å². The van der Waals surface area contributed by atoms with Gasteiger partial charge in [0, 0.05) is 30.1 Å². The first-order valence-corrected chi connectivity index (χ1v) is 13.7. The van der Waals surface area contributed by atoms with Gasteiger partial charge in [0.2, 0.25) is 5.91 Å². The summed E-state index contributed by atoms with van der Waals surface area (Å²) in [5, 5.41) is 6.83. The highest BCUT2D eigenvalue weighted by Gasteiger charge is 2.25. The number of carbonyl (C=O) groups excluding carboxylic acids is 2. The molecule has 4 rings (SSSR count). The van der Waals surface area contributed by atoms with Gasteiger partial charge >= 0.3 is 0 Å². The van der Waals surface area contributed by atoms with Crippen molar-refractivity contribution in [1.82, 2.24) is 15.5 Å². The van der Waals surface area contributed by atoms with E-state index in [0.29, 0.717) is 36.8 Å². The maximum atomic E-state index is 13.3. The molecule has 1 aliphatic heterocycles. The Balaban J connectivity index is 1.32. The van der Waals surface area contributed by atoms with Crippen LogP contribution in [0.2, 0.25) is 5.02 Å². The molecule has 6 nitrogen and oxygen atoms in total. The molecule has 0 spiro atoms. The molecule has 2 N–H and O–H groups in total. The second-order valence-corrected chi connectivity index (χ2v) is 10.2. The molecule has 7 heteroatoms. The quantitative estimate of drug-likeness (QED) is 0.359. The molecular weight excluding hydrogens is 498 g/mol. The molecular formula is C31H36ClN3O3. The first kappa shape index (κ1) is 27.7. The number of nitrogens with one attached hydrogen (secondary N) is 2. The van der Waals surface area contributed by atoms with Gasteiger partial charge in [0.05, 0.1) is 6.61 Å². The van der Waals surface area contributed by atoms with Crippen LogP contribution in [-0.4, -0.2) is 49.0 Å². The predicted octanol–water partition coefficient (Wildman–Crippen LogP) is 5.11. The third-order valence-corrected chi connectivity index (χ3v) is 7.16. The molecule has 1 aliphatic rings. The summed E-state index contributed by atoms with van der Waals surface area (Å²) in [5.74, 6) is 0.591. The molecule has 0 bridgehead atoms. The minimum atomic E-state index is -0.675. The Morgan fingerprint density at radius 2 is 1.71 bits per heavy atom. The van der Waals surface area contributed by atoms with Crippen LogP contribution in [0.1, 0.15) is 41.3 Å². The Morgan fingerprint density at radius 1 is 0.974 bits per heavy atom. The number of likely N-dealkylation sites (tertiary alicyclic amines) is 1. The molecule has 1 atom stereocenters. The molecule has 200 valence electrons. The van der Waals surface area contributed by atoms with E-state index >= 15 is 0 Å². The van der Waals surface area contributed by atoms with Crippen molar-refractivity contribution < 1.29 is 14.3 Å². The van der Waals surface area contributed by atoms with Crippen molar-refractivity contribution in [3.8, 4) is 5.75 Å². The van der Waals surface area contributed by atoms with E-state index in [1.807, 2.05) is 55.5 Å². The first-order valence-electron chi connectivity index (χ1n) is 13.3. The fraction of sp³-hybridized carbons (Fsp3) is 0.355. The summed E-state index contributed by atoms with van der Waals surface area (Å²) in [4.78, 5) is 28.8. The third-order valence-electron chi connectivity index (χ3n) is 6.90. The van der Waals surface area contributed by atoms with Crippen molar-refractivity contribution in [2.24, 2.45) is 5.92 Å². The monoisotopic (exact) mass is 533 g/mol. The molecule has 2 amide bonds. The lowest BCUT2D eigenvalue weighted by atomic mass is 9.96. The van der Waals surface area contributed by atoms with E-state index in [9.17, 15) is 9.59 Å². The maximum Gasteiger partial charge on any atom is 0.252 e. The Bertz CT molecular complexity index is 1180. The van der Waals surface area contributed by atoms with Gasteiger partial charge < -0.3 is 15.4 Å². The van der Waals surface area contributed by atoms with Gasteiger partial charge in [0.1, 0.15) is 11.8 Å². The number of amides is 2. The summed E-state index contributed by atoms with van der Waals surface area (Å²) in [5.41, 5.74) is 2.72. The standard InChI is InChI=1S/C31H36ClN3O3/c1-2-38-28-10-6-9-26(20-28)30(36)34-29(19-23-7-4-3-5-8-23)31(37)33-21-24-15-17-35(18-16-24)22-25-11-13-27(32)14-12-25/h3-14,20,24,29H,2,15-19,21-22H2,1H3,(H,33,37)(H,34,36)/t29-/m1/s1. The summed E-state index contributed by atoms with van der Waals surface area (Å²) < 4.78 is 5.53. The largest absolute Gasteiger partial charge is 0.494 e. The Kier molecular flexibility index (Phi) is 10.2. The van der Waals surface area contributed by atoms with Gasteiger partial charge in [-0.1, -0.05) is 60.1 Å². The van der Waals surface area contributed by atoms with Crippen molar-refractivity contribution in [3.05, 3.63) is 101 Å². The summed E-state index contributed by atoms with van der Waals surface area (Å²) in [7, 11) is 0. The summed E-state index contributed by atoms with van der Waals surface area (Å²) in [6.07, 6.45) is 2.46. The molecule has 3 aromatic carbocycles. The third kappa shape index (κ3) is 8.33. The lowest BCUT2D eigenvalue weighted by Gasteiger charge is -2.32.